The van der Waals surface area contributed by atoms with E-state index in [2.05, 4.69) is 22.4 Å². The van der Waals surface area contributed by atoms with E-state index in [0.29, 0.717) is 13.1 Å². The summed E-state index contributed by atoms with van der Waals surface area (Å²) >= 11 is 0. The SMILES string of the molecule is CN(CC(=O)NCc1ccncc1)Cc1ccccc1. The van der Waals surface area contributed by atoms with Gasteiger partial charge in [0.25, 0.3) is 0 Å². The number of likely N-dealkylation sites (N-methyl/N-ethyl adjacent to an activating group) is 1. The first kappa shape index (κ1) is 14.2. The van der Waals surface area contributed by atoms with Crippen molar-refractivity contribution in [2.24, 2.45) is 0 Å². The van der Waals surface area contributed by atoms with E-state index in [1.54, 1.807) is 12.4 Å². The second-order valence-electron chi connectivity index (χ2n) is 4.79. The number of aromatic nitrogens is 1. The third-order valence-electron chi connectivity index (χ3n) is 2.95. The normalized spacial score (nSPS) is 10.5. The highest BCUT2D eigenvalue weighted by Crippen LogP contribution is 2.02. The molecule has 0 spiro atoms. The van der Waals surface area contributed by atoms with E-state index in [0.717, 1.165) is 12.1 Å². The van der Waals surface area contributed by atoms with Crippen molar-refractivity contribution in [2.45, 2.75) is 13.1 Å². The molecule has 0 bridgehead atoms. The van der Waals surface area contributed by atoms with Gasteiger partial charge in [-0.25, -0.2) is 0 Å². The number of amides is 1. The summed E-state index contributed by atoms with van der Waals surface area (Å²) in [4.78, 5) is 17.8. The van der Waals surface area contributed by atoms with Crippen LogP contribution in [-0.4, -0.2) is 29.4 Å². The average molecular weight is 269 g/mol. The molecule has 20 heavy (non-hydrogen) atoms. The largest absolute Gasteiger partial charge is 0.351 e. The number of hydrogen-bond donors (Lipinski definition) is 1. The highest BCUT2D eigenvalue weighted by molar-refractivity contribution is 5.77. The molecule has 2 rings (SSSR count). The Morgan fingerprint density at radius 2 is 1.80 bits per heavy atom. The van der Waals surface area contributed by atoms with Gasteiger partial charge in [0.2, 0.25) is 5.91 Å². The maximum absolute atomic E-state index is 11.8. The molecular formula is C16H19N3O. The standard InChI is InChI=1S/C16H19N3O/c1-19(12-15-5-3-2-4-6-15)13-16(20)18-11-14-7-9-17-10-8-14/h2-10H,11-13H2,1H3,(H,18,20). The molecule has 1 amide bonds. The van der Waals surface area contributed by atoms with Gasteiger partial charge in [0.1, 0.15) is 0 Å². The maximum Gasteiger partial charge on any atom is 0.234 e. The summed E-state index contributed by atoms with van der Waals surface area (Å²) < 4.78 is 0. The molecule has 0 unspecified atom stereocenters. The van der Waals surface area contributed by atoms with Crippen molar-refractivity contribution in [3.05, 3.63) is 66.0 Å². The van der Waals surface area contributed by atoms with Gasteiger partial charge in [0.15, 0.2) is 0 Å². The molecule has 2 aromatic rings. The monoisotopic (exact) mass is 269 g/mol. The molecule has 1 aromatic heterocycles. The number of carbonyl (C=O) groups excluding carboxylic acids is 1. The number of nitrogens with one attached hydrogen (secondary N) is 1. The van der Waals surface area contributed by atoms with Crippen molar-refractivity contribution in [1.82, 2.24) is 15.2 Å². The van der Waals surface area contributed by atoms with Crippen LogP contribution in [0.3, 0.4) is 0 Å². The van der Waals surface area contributed by atoms with Crippen LogP contribution in [0.5, 0.6) is 0 Å². The van der Waals surface area contributed by atoms with Crippen molar-refractivity contribution < 1.29 is 4.79 Å². The molecule has 1 heterocycles. The summed E-state index contributed by atoms with van der Waals surface area (Å²) in [6.07, 6.45) is 3.45. The number of pyridine rings is 1. The number of rotatable bonds is 6. The van der Waals surface area contributed by atoms with Crippen LogP contribution >= 0.6 is 0 Å². The van der Waals surface area contributed by atoms with E-state index in [9.17, 15) is 4.79 Å². The summed E-state index contributed by atoms with van der Waals surface area (Å²) in [5, 5.41) is 2.91. The molecule has 1 aromatic carbocycles. The molecule has 4 nitrogen and oxygen atoms in total. The van der Waals surface area contributed by atoms with Crippen LogP contribution < -0.4 is 5.32 Å². The van der Waals surface area contributed by atoms with E-state index < -0.39 is 0 Å². The quantitative estimate of drug-likeness (QED) is 0.870. The molecule has 0 aliphatic carbocycles. The summed E-state index contributed by atoms with van der Waals surface area (Å²) in [5.41, 5.74) is 2.26. The summed E-state index contributed by atoms with van der Waals surface area (Å²) in [5.74, 6) is 0.0280. The summed E-state index contributed by atoms with van der Waals surface area (Å²) in [6, 6.07) is 13.9. The van der Waals surface area contributed by atoms with Crippen LogP contribution in [0.1, 0.15) is 11.1 Å². The Balaban J connectivity index is 1.74. The van der Waals surface area contributed by atoms with E-state index in [4.69, 9.17) is 0 Å². The predicted octanol–water partition coefficient (Wildman–Crippen LogP) is 1.83. The lowest BCUT2D eigenvalue weighted by molar-refractivity contribution is -0.122. The van der Waals surface area contributed by atoms with Gasteiger partial charge in [0.05, 0.1) is 6.54 Å². The Kier molecular flexibility index (Phi) is 5.26. The molecule has 0 atom stereocenters. The molecule has 0 saturated carbocycles. The van der Waals surface area contributed by atoms with Crippen molar-refractivity contribution in [3.63, 3.8) is 0 Å². The van der Waals surface area contributed by atoms with Gasteiger partial charge in [-0.2, -0.15) is 0 Å². The van der Waals surface area contributed by atoms with Crippen LogP contribution in [0.2, 0.25) is 0 Å². The van der Waals surface area contributed by atoms with Crippen LogP contribution in [0.15, 0.2) is 54.9 Å². The Bertz CT molecular complexity index is 528. The zero-order chi connectivity index (χ0) is 14.2. The van der Waals surface area contributed by atoms with E-state index in [1.165, 1.54) is 5.56 Å². The van der Waals surface area contributed by atoms with Crippen molar-refractivity contribution in [2.75, 3.05) is 13.6 Å². The van der Waals surface area contributed by atoms with Crippen LogP contribution in [0, 0.1) is 0 Å². The molecule has 0 aliphatic heterocycles. The van der Waals surface area contributed by atoms with Gasteiger partial charge in [-0.15, -0.1) is 0 Å². The molecule has 0 saturated heterocycles. The molecule has 0 fully saturated rings. The van der Waals surface area contributed by atoms with Gasteiger partial charge in [-0.1, -0.05) is 30.3 Å². The fourth-order valence-corrected chi connectivity index (χ4v) is 1.95. The lowest BCUT2D eigenvalue weighted by Gasteiger charge is -2.16. The van der Waals surface area contributed by atoms with Crippen molar-refractivity contribution in [1.29, 1.82) is 0 Å². The zero-order valence-electron chi connectivity index (χ0n) is 11.6. The predicted molar refractivity (Wildman–Crippen MR) is 78.9 cm³/mol. The lowest BCUT2D eigenvalue weighted by Crippen LogP contribution is -2.34. The van der Waals surface area contributed by atoms with E-state index in [-0.39, 0.29) is 5.91 Å². The van der Waals surface area contributed by atoms with E-state index in [1.807, 2.05) is 42.3 Å². The van der Waals surface area contributed by atoms with Gasteiger partial charge in [-0.3, -0.25) is 14.7 Å². The van der Waals surface area contributed by atoms with Gasteiger partial charge in [0, 0.05) is 25.5 Å². The Hall–Kier alpha value is -2.20. The smallest absolute Gasteiger partial charge is 0.234 e. The van der Waals surface area contributed by atoms with Gasteiger partial charge >= 0.3 is 0 Å². The molecule has 0 radical (unpaired) electrons. The highest BCUT2D eigenvalue weighted by atomic mass is 16.2. The number of carbonyl (C=O) groups is 1. The topological polar surface area (TPSA) is 45.2 Å². The summed E-state index contributed by atoms with van der Waals surface area (Å²) in [7, 11) is 1.94. The maximum atomic E-state index is 11.8. The zero-order valence-corrected chi connectivity index (χ0v) is 11.6. The van der Waals surface area contributed by atoms with E-state index >= 15 is 0 Å². The number of hydrogen-bond acceptors (Lipinski definition) is 3. The summed E-state index contributed by atoms with van der Waals surface area (Å²) in [6.45, 7) is 1.70. The van der Waals surface area contributed by atoms with Gasteiger partial charge in [-0.05, 0) is 30.3 Å². The Morgan fingerprint density at radius 3 is 2.50 bits per heavy atom. The number of benzene rings is 1. The average Bonchev–Trinajstić information content (AvgIpc) is 2.47. The fraction of sp³-hybridized carbons (Fsp3) is 0.250. The second kappa shape index (κ2) is 7.40. The molecule has 0 aliphatic rings. The van der Waals surface area contributed by atoms with Crippen LogP contribution in [0.25, 0.3) is 0 Å². The van der Waals surface area contributed by atoms with Crippen molar-refractivity contribution in [3.8, 4) is 0 Å². The third-order valence-corrected chi connectivity index (χ3v) is 2.95. The molecule has 104 valence electrons. The first-order valence-corrected chi connectivity index (χ1v) is 6.62. The lowest BCUT2D eigenvalue weighted by atomic mass is 10.2. The molecular weight excluding hydrogens is 250 g/mol. The minimum absolute atomic E-state index is 0.0280. The third kappa shape index (κ3) is 4.82. The highest BCUT2D eigenvalue weighted by Gasteiger charge is 2.06. The Morgan fingerprint density at radius 1 is 1.10 bits per heavy atom. The van der Waals surface area contributed by atoms with Crippen molar-refractivity contribution >= 4 is 5.91 Å². The molecule has 4 heteroatoms. The minimum Gasteiger partial charge on any atom is -0.351 e. The fourth-order valence-electron chi connectivity index (χ4n) is 1.95. The van der Waals surface area contributed by atoms with Gasteiger partial charge < -0.3 is 5.32 Å². The minimum atomic E-state index is 0.0280. The Labute approximate surface area is 119 Å². The second-order valence-corrected chi connectivity index (χ2v) is 4.79. The molecule has 1 N–H and O–H groups in total. The number of nitrogens with zero attached hydrogens (tertiary/aromatic N) is 2. The first-order valence-electron chi connectivity index (χ1n) is 6.62. The van der Waals surface area contributed by atoms with Crippen LogP contribution in [-0.2, 0) is 17.9 Å². The van der Waals surface area contributed by atoms with Crippen LogP contribution in [0.4, 0.5) is 0 Å². The first-order chi connectivity index (χ1) is 9.74.